The van der Waals surface area contributed by atoms with Gasteiger partial charge in [0.05, 0.1) is 22.2 Å². The summed E-state index contributed by atoms with van der Waals surface area (Å²) >= 11 is 12.0. The van der Waals surface area contributed by atoms with Gasteiger partial charge < -0.3 is 14.2 Å². The van der Waals surface area contributed by atoms with Crippen LogP contribution in [0.3, 0.4) is 0 Å². The van der Waals surface area contributed by atoms with Gasteiger partial charge in [0, 0.05) is 11.6 Å². The number of hydrogen-bond acceptors (Lipinski definition) is 4. The Morgan fingerprint density at radius 1 is 1.00 bits per heavy atom. The molecule has 0 atom stereocenters. The highest BCUT2D eigenvalue weighted by atomic mass is 35.5. The Morgan fingerprint density at radius 2 is 1.81 bits per heavy atom. The van der Waals surface area contributed by atoms with E-state index in [2.05, 4.69) is 0 Å². The second kappa shape index (κ2) is 9.04. The maximum absolute atomic E-state index is 12.9. The van der Waals surface area contributed by atoms with Crippen molar-refractivity contribution in [3.63, 3.8) is 0 Å². The smallest absolute Gasteiger partial charge is 0.232 e. The molecule has 0 fully saturated rings. The number of carbonyl (C=O) groups is 1. The van der Waals surface area contributed by atoms with Crippen LogP contribution in [0.2, 0.25) is 10.0 Å². The number of benzene rings is 3. The lowest BCUT2D eigenvalue weighted by atomic mass is 10.0. The molecule has 3 aromatic rings. The van der Waals surface area contributed by atoms with Crippen LogP contribution in [0.25, 0.3) is 6.08 Å². The molecule has 0 spiro atoms. The molecule has 3 aromatic carbocycles. The van der Waals surface area contributed by atoms with Gasteiger partial charge in [0.1, 0.15) is 23.9 Å². The van der Waals surface area contributed by atoms with Crippen LogP contribution in [0.15, 0.2) is 60.4 Å². The fraction of sp³-hybridized carbons (Fsp3) is 0.160. The van der Waals surface area contributed by atoms with Crippen molar-refractivity contribution < 1.29 is 19.0 Å². The van der Waals surface area contributed by atoms with E-state index in [-0.39, 0.29) is 11.5 Å². The molecule has 1 heterocycles. The van der Waals surface area contributed by atoms with Gasteiger partial charge in [-0.25, -0.2) is 0 Å². The van der Waals surface area contributed by atoms with Crippen molar-refractivity contribution in [3.05, 3.63) is 92.7 Å². The Morgan fingerprint density at radius 3 is 2.58 bits per heavy atom. The average molecular weight is 455 g/mol. The zero-order valence-electron chi connectivity index (χ0n) is 17.1. The van der Waals surface area contributed by atoms with Crippen LogP contribution in [0, 0.1) is 6.92 Å². The third-order valence-corrected chi connectivity index (χ3v) is 5.58. The lowest BCUT2D eigenvalue weighted by Crippen LogP contribution is -2.01. The van der Waals surface area contributed by atoms with Crippen molar-refractivity contribution in [3.8, 4) is 17.2 Å². The molecule has 0 saturated heterocycles. The summed E-state index contributed by atoms with van der Waals surface area (Å²) in [5.41, 5.74) is 3.00. The Bertz CT molecular complexity index is 1180. The van der Waals surface area contributed by atoms with Crippen LogP contribution in [0.4, 0.5) is 0 Å². The van der Waals surface area contributed by atoms with Crippen LogP contribution in [-0.2, 0) is 6.61 Å². The van der Waals surface area contributed by atoms with Crippen molar-refractivity contribution in [1.82, 2.24) is 0 Å². The predicted octanol–water partition coefficient (Wildman–Crippen LogP) is 6.90. The molecule has 0 N–H and O–H groups in total. The molecule has 0 aliphatic carbocycles. The molecule has 0 unspecified atom stereocenters. The van der Waals surface area contributed by atoms with E-state index in [1.807, 2.05) is 50.2 Å². The van der Waals surface area contributed by atoms with E-state index in [4.69, 9.17) is 37.4 Å². The van der Waals surface area contributed by atoms with Gasteiger partial charge in [-0.2, -0.15) is 0 Å². The number of ether oxygens (including phenoxy) is 3. The molecule has 6 heteroatoms. The molecule has 0 aromatic heterocycles. The van der Waals surface area contributed by atoms with Gasteiger partial charge in [-0.05, 0) is 55.3 Å². The van der Waals surface area contributed by atoms with E-state index >= 15 is 0 Å². The molecular weight excluding hydrogens is 435 g/mol. The number of Topliss-reactive ketones (excluding diaryl/α,β-unsaturated/α-hetero) is 1. The van der Waals surface area contributed by atoms with Gasteiger partial charge in [-0.15, -0.1) is 0 Å². The summed E-state index contributed by atoms with van der Waals surface area (Å²) in [5.74, 6) is 1.88. The minimum Gasteiger partial charge on any atom is -0.493 e. The number of fused-ring (bicyclic) bond motifs is 1. The highest BCUT2D eigenvalue weighted by Crippen LogP contribution is 2.38. The number of ketones is 1. The molecule has 158 valence electrons. The normalized spacial score (nSPS) is 13.8. The number of aryl methyl sites for hydroxylation is 1. The molecular formula is C25H20Cl2O4. The maximum Gasteiger partial charge on any atom is 0.232 e. The molecule has 31 heavy (non-hydrogen) atoms. The van der Waals surface area contributed by atoms with Gasteiger partial charge in [0.25, 0.3) is 0 Å². The lowest BCUT2D eigenvalue weighted by molar-refractivity contribution is 0.101. The number of carbonyl (C=O) groups excluding carboxylic acids is 1. The number of rotatable bonds is 6. The Kier molecular flexibility index (Phi) is 6.21. The summed E-state index contributed by atoms with van der Waals surface area (Å²) in [7, 11) is 0. The number of allylic oxidation sites excluding steroid dienone is 1. The molecule has 0 amide bonds. The summed E-state index contributed by atoms with van der Waals surface area (Å²) < 4.78 is 17.4. The number of para-hydroxylation sites is 1. The van der Waals surface area contributed by atoms with E-state index in [0.29, 0.717) is 46.1 Å². The molecule has 0 bridgehead atoms. The maximum atomic E-state index is 12.9. The van der Waals surface area contributed by atoms with E-state index in [0.717, 1.165) is 16.7 Å². The largest absolute Gasteiger partial charge is 0.493 e. The van der Waals surface area contributed by atoms with Crippen molar-refractivity contribution in [2.24, 2.45) is 0 Å². The van der Waals surface area contributed by atoms with E-state index in [1.54, 1.807) is 24.3 Å². The molecule has 4 rings (SSSR count). The Balaban J connectivity index is 1.57. The first kappa shape index (κ1) is 21.3. The van der Waals surface area contributed by atoms with Crippen LogP contribution in [0.1, 0.15) is 34.0 Å². The zero-order valence-corrected chi connectivity index (χ0v) is 18.6. The van der Waals surface area contributed by atoms with Gasteiger partial charge in [0.15, 0.2) is 5.76 Å². The SMILES string of the molecule is CCOc1ccccc1/C=C1\Oc2cc(OCc3ccc(Cl)c(Cl)c3)cc(C)c2C1=O. The van der Waals surface area contributed by atoms with Crippen LogP contribution < -0.4 is 14.2 Å². The third-order valence-electron chi connectivity index (χ3n) is 4.84. The molecule has 4 nitrogen and oxygen atoms in total. The summed E-state index contributed by atoms with van der Waals surface area (Å²) in [6.07, 6.45) is 1.71. The Labute approximate surface area is 191 Å². The number of halogens is 2. The minimum absolute atomic E-state index is 0.158. The second-order valence-corrected chi connectivity index (χ2v) is 7.88. The first-order chi connectivity index (χ1) is 15.0. The average Bonchev–Trinajstić information content (AvgIpc) is 3.06. The highest BCUT2D eigenvalue weighted by Gasteiger charge is 2.30. The van der Waals surface area contributed by atoms with E-state index in [1.165, 1.54) is 0 Å². The van der Waals surface area contributed by atoms with Crippen LogP contribution in [-0.4, -0.2) is 12.4 Å². The fourth-order valence-electron chi connectivity index (χ4n) is 3.38. The minimum atomic E-state index is -0.158. The first-order valence-corrected chi connectivity index (χ1v) is 10.6. The number of hydrogen-bond donors (Lipinski definition) is 0. The zero-order chi connectivity index (χ0) is 22.0. The van der Waals surface area contributed by atoms with Gasteiger partial charge in [0.2, 0.25) is 5.78 Å². The predicted molar refractivity (Wildman–Crippen MR) is 123 cm³/mol. The van der Waals surface area contributed by atoms with Gasteiger partial charge in [-0.3, -0.25) is 4.79 Å². The summed E-state index contributed by atoms with van der Waals surface area (Å²) in [6.45, 7) is 4.63. The van der Waals surface area contributed by atoms with Crippen molar-refractivity contribution in [1.29, 1.82) is 0 Å². The fourth-order valence-corrected chi connectivity index (χ4v) is 3.71. The molecule has 0 radical (unpaired) electrons. The highest BCUT2D eigenvalue weighted by molar-refractivity contribution is 6.42. The van der Waals surface area contributed by atoms with Crippen molar-refractivity contribution in [2.45, 2.75) is 20.5 Å². The summed E-state index contributed by atoms with van der Waals surface area (Å²) in [6, 6.07) is 16.4. The van der Waals surface area contributed by atoms with Crippen LogP contribution in [0.5, 0.6) is 17.2 Å². The first-order valence-electron chi connectivity index (χ1n) is 9.83. The molecule has 0 saturated carbocycles. The summed E-state index contributed by atoms with van der Waals surface area (Å²) in [5, 5.41) is 0.972. The molecule has 1 aliphatic heterocycles. The monoisotopic (exact) mass is 454 g/mol. The van der Waals surface area contributed by atoms with Crippen molar-refractivity contribution in [2.75, 3.05) is 6.61 Å². The van der Waals surface area contributed by atoms with Crippen LogP contribution >= 0.6 is 23.2 Å². The Hall–Kier alpha value is -2.95. The van der Waals surface area contributed by atoms with Gasteiger partial charge >= 0.3 is 0 Å². The topological polar surface area (TPSA) is 44.8 Å². The molecule has 1 aliphatic rings. The third kappa shape index (κ3) is 4.55. The van der Waals surface area contributed by atoms with Crippen molar-refractivity contribution >= 4 is 35.1 Å². The quantitative estimate of drug-likeness (QED) is 0.380. The second-order valence-electron chi connectivity index (χ2n) is 7.06. The summed E-state index contributed by atoms with van der Waals surface area (Å²) in [4.78, 5) is 12.9. The standard InChI is InChI=1S/C25H20Cl2O4/c1-3-29-21-7-5-4-6-17(21)12-23-25(28)24-15(2)10-18(13-22(24)31-23)30-14-16-8-9-19(26)20(27)11-16/h4-13H,3,14H2,1-2H3/b23-12-. The van der Waals surface area contributed by atoms with Gasteiger partial charge in [-0.1, -0.05) is 47.5 Å². The van der Waals surface area contributed by atoms with E-state index in [9.17, 15) is 4.79 Å². The lowest BCUT2D eigenvalue weighted by Gasteiger charge is -2.10. The van der Waals surface area contributed by atoms with E-state index < -0.39 is 0 Å².